The van der Waals surface area contributed by atoms with Crippen LogP contribution in [0.4, 0.5) is 0 Å². The van der Waals surface area contributed by atoms with Crippen molar-refractivity contribution < 1.29 is 4.79 Å². The summed E-state index contributed by atoms with van der Waals surface area (Å²) in [5.74, 6) is 0.721. The number of carbonyl (C=O) groups is 1. The lowest BCUT2D eigenvalue weighted by atomic mass is 10.0. The fourth-order valence-corrected chi connectivity index (χ4v) is 2.72. The molecule has 0 aliphatic carbocycles. The Kier molecular flexibility index (Phi) is 3.85. The molecule has 1 saturated heterocycles. The third-order valence-corrected chi connectivity index (χ3v) is 3.63. The summed E-state index contributed by atoms with van der Waals surface area (Å²) < 4.78 is 0. The average molecular weight is 243 g/mol. The molecule has 2 rings (SSSR count). The topological polar surface area (TPSA) is 20.3 Å². The van der Waals surface area contributed by atoms with E-state index in [4.69, 9.17) is 0 Å². The van der Waals surface area contributed by atoms with Crippen molar-refractivity contribution in [3.63, 3.8) is 0 Å². The zero-order chi connectivity index (χ0) is 13.1. The minimum Gasteiger partial charge on any atom is -0.336 e. The first-order chi connectivity index (χ1) is 8.58. The molecule has 1 aromatic rings. The Morgan fingerprint density at radius 1 is 1.44 bits per heavy atom. The zero-order valence-corrected chi connectivity index (χ0v) is 11.2. The minimum atomic E-state index is 0.175. The standard InChI is InChI=1S/C16H21NO/c1-12(2)9-14-10-16(18)17(11-14)13(3)15-7-5-4-6-8-15/h4-8,13-14H,1,9-11H2,2-3H3/t13-,14-/m0/s1. The van der Waals surface area contributed by atoms with Crippen LogP contribution in [0.15, 0.2) is 42.5 Å². The van der Waals surface area contributed by atoms with Crippen LogP contribution in [0.1, 0.15) is 38.3 Å². The van der Waals surface area contributed by atoms with Crippen LogP contribution in [0.5, 0.6) is 0 Å². The molecule has 1 fully saturated rings. The Bertz CT molecular complexity index is 438. The molecule has 1 aliphatic heterocycles. The molecule has 0 N–H and O–H groups in total. The molecule has 2 heteroatoms. The van der Waals surface area contributed by atoms with Crippen molar-refractivity contribution in [3.05, 3.63) is 48.0 Å². The molecule has 96 valence electrons. The summed E-state index contributed by atoms with van der Waals surface area (Å²) in [4.78, 5) is 14.1. The van der Waals surface area contributed by atoms with E-state index < -0.39 is 0 Å². The van der Waals surface area contributed by atoms with Crippen molar-refractivity contribution in [1.29, 1.82) is 0 Å². The molecule has 1 heterocycles. The van der Waals surface area contributed by atoms with E-state index in [1.807, 2.05) is 30.0 Å². The van der Waals surface area contributed by atoms with Crippen LogP contribution in [-0.2, 0) is 4.79 Å². The Labute approximate surface area is 109 Å². The Morgan fingerprint density at radius 3 is 2.72 bits per heavy atom. The van der Waals surface area contributed by atoms with Crippen LogP contribution >= 0.6 is 0 Å². The monoisotopic (exact) mass is 243 g/mol. The predicted octanol–water partition coefficient (Wildman–Crippen LogP) is 3.56. The van der Waals surface area contributed by atoms with Gasteiger partial charge in [0.05, 0.1) is 6.04 Å². The summed E-state index contributed by atoms with van der Waals surface area (Å²) in [7, 11) is 0. The van der Waals surface area contributed by atoms with Gasteiger partial charge in [0.25, 0.3) is 0 Å². The molecule has 0 saturated carbocycles. The number of likely N-dealkylation sites (tertiary alicyclic amines) is 1. The Balaban J connectivity index is 2.06. The third-order valence-electron chi connectivity index (χ3n) is 3.63. The van der Waals surface area contributed by atoms with Gasteiger partial charge < -0.3 is 4.90 Å². The molecule has 1 aromatic carbocycles. The quantitative estimate of drug-likeness (QED) is 0.740. The van der Waals surface area contributed by atoms with E-state index >= 15 is 0 Å². The Morgan fingerprint density at radius 2 is 2.11 bits per heavy atom. The summed E-state index contributed by atoms with van der Waals surface area (Å²) in [6, 6.07) is 10.4. The number of hydrogen-bond donors (Lipinski definition) is 0. The molecule has 2 nitrogen and oxygen atoms in total. The van der Waals surface area contributed by atoms with Crippen molar-refractivity contribution in [2.75, 3.05) is 6.54 Å². The van der Waals surface area contributed by atoms with Crippen LogP contribution in [0.25, 0.3) is 0 Å². The summed E-state index contributed by atoms with van der Waals surface area (Å²) in [5, 5.41) is 0. The molecule has 0 radical (unpaired) electrons. The summed E-state index contributed by atoms with van der Waals surface area (Å²) in [5.41, 5.74) is 2.38. The number of benzene rings is 1. The van der Waals surface area contributed by atoms with Crippen molar-refractivity contribution in [2.24, 2.45) is 5.92 Å². The summed E-state index contributed by atoms with van der Waals surface area (Å²) >= 11 is 0. The number of nitrogens with zero attached hydrogens (tertiary/aromatic N) is 1. The lowest BCUT2D eigenvalue weighted by Crippen LogP contribution is -2.28. The minimum absolute atomic E-state index is 0.175. The van der Waals surface area contributed by atoms with Gasteiger partial charge in [0.2, 0.25) is 5.91 Å². The molecule has 0 aromatic heterocycles. The molecule has 1 amide bonds. The highest BCUT2D eigenvalue weighted by molar-refractivity contribution is 5.79. The Hall–Kier alpha value is -1.57. The molecular weight excluding hydrogens is 222 g/mol. The van der Waals surface area contributed by atoms with Gasteiger partial charge in [0.15, 0.2) is 0 Å². The van der Waals surface area contributed by atoms with E-state index in [-0.39, 0.29) is 11.9 Å². The molecule has 18 heavy (non-hydrogen) atoms. The van der Waals surface area contributed by atoms with Gasteiger partial charge in [-0.3, -0.25) is 4.79 Å². The fourth-order valence-electron chi connectivity index (χ4n) is 2.72. The number of amides is 1. The molecule has 0 unspecified atom stereocenters. The van der Waals surface area contributed by atoms with E-state index in [0.717, 1.165) is 13.0 Å². The van der Waals surface area contributed by atoms with Crippen LogP contribution in [0, 0.1) is 5.92 Å². The first kappa shape index (κ1) is 12.9. The van der Waals surface area contributed by atoms with Crippen molar-refractivity contribution in [3.8, 4) is 0 Å². The molecule has 0 bridgehead atoms. The maximum absolute atomic E-state index is 12.1. The molecular formula is C16H21NO. The van der Waals surface area contributed by atoms with Gasteiger partial charge in [0, 0.05) is 13.0 Å². The highest BCUT2D eigenvalue weighted by atomic mass is 16.2. The van der Waals surface area contributed by atoms with Crippen molar-refractivity contribution in [2.45, 2.75) is 32.7 Å². The second-order valence-electron chi connectivity index (χ2n) is 5.36. The second-order valence-corrected chi connectivity index (χ2v) is 5.36. The van der Waals surface area contributed by atoms with Crippen LogP contribution in [0.3, 0.4) is 0 Å². The van der Waals surface area contributed by atoms with Crippen LogP contribution in [-0.4, -0.2) is 17.4 Å². The smallest absolute Gasteiger partial charge is 0.223 e. The van der Waals surface area contributed by atoms with Crippen molar-refractivity contribution >= 4 is 5.91 Å². The van der Waals surface area contributed by atoms with Gasteiger partial charge >= 0.3 is 0 Å². The third kappa shape index (κ3) is 2.81. The van der Waals surface area contributed by atoms with E-state index in [2.05, 4.69) is 25.6 Å². The maximum atomic E-state index is 12.1. The first-order valence-electron chi connectivity index (χ1n) is 6.56. The number of allylic oxidation sites excluding steroid dienone is 1. The van der Waals surface area contributed by atoms with Gasteiger partial charge in [-0.2, -0.15) is 0 Å². The summed E-state index contributed by atoms with van der Waals surface area (Å²) in [6.07, 6.45) is 1.63. The fraction of sp³-hybridized carbons (Fsp3) is 0.438. The van der Waals surface area contributed by atoms with Crippen LogP contribution in [0.2, 0.25) is 0 Å². The van der Waals surface area contributed by atoms with E-state index in [1.165, 1.54) is 11.1 Å². The highest BCUT2D eigenvalue weighted by Crippen LogP contribution is 2.30. The number of rotatable bonds is 4. The predicted molar refractivity (Wildman–Crippen MR) is 74.1 cm³/mol. The lowest BCUT2D eigenvalue weighted by molar-refractivity contribution is -0.129. The lowest BCUT2D eigenvalue weighted by Gasteiger charge is -2.25. The largest absolute Gasteiger partial charge is 0.336 e. The van der Waals surface area contributed by atoms with E-state index in [9.17, 15) is 4.79 Å². The van der Waals surface area contributed by atoms with Gasteiger partial charge in [0.1, 0.15) is 0 Å². The average Bonchev–Trinajstić information content (AvgIpc) is 2.69. The van der Waals surface area contributed by atoms with Gasteiger partial charge in [-0.15, -0.1) is 6.58 Å². The second kappa shape index (κ2) is 5.38. The molecule has 0 spiro atoms. The van der Waals surface area contributed by atoms with Gasteiger partial charge in [-0.1, -0.05) is 35.9 Å². The SMILES string of the molecule is C=C(C)C[C@H]1CC(=O)N([C@@H](C)c2ccccc2)C1. The zero-order valence-electron chi connectivity index (χ0n) is 11.2. The summed E-state index contributed by atoms with van der Waals surface area (Å²) in [6.45, 7) is 8.95. The maximum Gasteiger partial charge on any atom is 0.223 e. The van der Waals surface area contributed by atoms with Crippen molar-refractivity contribution in [1.82, 2.24) is 4.90 Å². The van der Waals surface area contributed by atoms with E-state index in [1.54, 1.807) is 0 Å². The highest BCUT2D eigenvalue weighted by Gasteiger charge is 2.32. The normalized spacial score (nSPS) is 21.1. The first-order valence-corrected chi connectivity index (χ1v) is 6.56. The van der Waals surface area contributed by atoms with Crippen LogP contribution < -0.4 is 0 Å². The van der Waals surface area contributed by atoms with Gasteiger partial charge in [-0.05, 0) is 31.7 Å². The van der Waals surface area contributed by atoms with E-state index in [0.29, 0.717) is 12.3 Å². The molecule has 1 aliphatic rings. The molecule has 2 atom stereocenters. The van der Waals surface area contributed by atoms with Gasteiger partial charge in [-0.25, -0.2) is 0 Å². The number of carbonyl (C=O) groups excluding carboxylic acids is 1. The number of hydrogen-bond acceptors (Lipinski definition) is 1.